The van der Waals surface area contributed by atoms with Crippen molar-refractivity contribution in [3.05, 3.63) is 35.4 Å². The molecule has 2 aliphatic heterocycles. The van der Waals surface area contributed by atoms with Gasteiger partial charge in [-0.05, 0) is 30.4 Å². The summed E-state index contributed by atoms with van der Waals surface area (Å²) in [6.45, 7) is 1.80. The summed E-state index contributed by atoms with van der Waals surface area (Å²) < 4.78 is 0. The molecule has 3 rings (SSSR count). The fraction of sp³-hybridized carbons (Fsp3) is 0.467. The van der Waals surface area contributed by atoms with Crippen LogP contribution in [0.5, 0.6) is 0 Å². The van der Waals surface area contributed by atoms with Gasteiger partial charge in [0.15, 0.2) is 0 Å². The number of carbonyl (C=O) groups excluding carboxylic acids is 1. The summed E-state index contributed by atoms with van der Waals surface area (Å²) in [6, 6.07) is 7.32. The third-order valence-electron chi connectivity index (χ3n) is 4.18. The van der Waals surface area contributed by atoms with E-state index in [1.165, 1.54) is 10.5 Å². The smallest absolute Gasteiger partial charge is 0.326 e. The van der Waals surface area contributed by atoms with E-state index < -0.39 is 12.0 Å². The van der Waals surface area contributed by atoms with Crippen LogP contribution in [0.1, 0.15) is 24.0 Å². The fourth-order valence-electron chi connectivity index (χ4n) is 3.09. The molecule has 2 aliphatic rings. The molecule has 1 saturated heterocycles. The first-order valence-electron chi connectivity index (χ1n) is 7.02. The number of aliphatic carboxylic acids is 1. The van der Waals surface area contributed by atoms with E-state index in [1.54, 1.807) is 4.90 Å². The maximum atomic E-state index is 12.5. The number of nitrogens with zero attached hydrogens (tertiary/aromatic N) is 2. The Morgan fingerprint density at radius 2 is 1.90 bits per heavy atom. The number of carboxylic acid groups (broad SMARTS) is 1. The molecule has 1 aromatic rings. The molecule has 0 radical (unpaired) electrons. The predicted octanol–water partition coefficient (Wildman–Crippen LogP) is 1.71. The molecule has 0 unspecified atom stereocenters. The second kappa shape index (κ2) is 5.15. The van der Waals surface area contributed by atoms with E-state index in [2.05, 4.69) is 6.07 Å². The third-order valence-corrected chi connectivity index (χ3v) is 4.18. The molecule has 1 aromatic carbocycles. The minimum Gasteiger partial charge on any atom is -0.480 e. The van der Waals surface area contributed by atoms with Crippen molar-refractivity contribution in [2.75, 3.05) is 13.1 Å². The zero-order valence-corrected chi connectivity index (χ0v) is 11.3. The van der Waals surface area contributed by atoms with Gasteiger partial charge in [-0.1, -0.05) is 24.3 Å². The Kier molecular flexibility index (Phi) is 3.34. The summed E-state index contributed by atoms with van der Waals surface area (Å²) >= 11 is 0. The highest BCUT2D eigenvalue weighted by Crippen LogP contribution is 2.23. The van der Waals surface area contributed by atoms with Gasteiger partial charge in [-0.3, -0.25) is 0 Å². The average molecular weight is 274 g/mol. The largest absolute Gasteiger partial charge is 0.480 e. The van der Waals surface area contributed by atoms with Gasteiger partial charge in [-0.25, -0.2) is 9.59 Å². The van der Waals surface area contributed by atoms with Crippen LogP contribution < -0.4 is 0 Å². The van der Waals surface area contributed by atoms with Crippen LogP contribution in [0, 0.1) is 0 Å². The van der Waals surface area contributed by atoms with Crippen molar-refractivity contribution in [1.82, 2.24) is 9.80 Å². The van der Waals surface area contributed by atoms with Crippen LogP contribution in [0.4, 0.5) is 4.79 Å². The van der Waals surface area contributed by atoms with Crippen molar-refractivity contribution in [3.8, 4) is 0 Å². The van der Waals surface area contributed by atoms with Crippen LogP contribution in [0.2, 0.25) is 0 Å². The van der Waals surface area contributed by atoms with Gasteiger partial charge in [0.05, 0.1) is 0 Å². The number of amides is 2. The van der Waals surface area contributed by atoms with Crippen LogP contribution in [0.25, 0.3) is 0 Å². The lowest BCUT2D eigenvalue weighted by molar-refractivity contribution is -0.141. The molecule has 1 atom stereocenters. The first-order valence-corrected chi connectivity index (χ1v) is 7.02. The van der Waals surface area contributed by atoms with E-state index in [4.69, 9.17) is 0 Å². The predicted molar refractivity (Wildman–Crippen MR) is 73.3 cm³/mol. The Labute approximate surface area is 117 Å². The molecule has 106 valence electrons. The van der Waals surface area contributed by atoms with Gasteiger partial charge in [0, 0.05) is 19.6 Å². The Balaban J connectivity index is 1.74. The second-order valence-electron chi connectivity index (χ2n) is 5.41. The number of rotatable bonds is 1. The number of hydrogen-bond acceptors (Lipinski definition) is 2. The fourth-order valence-corrected chi connectivity index (χ4v) is 3.09. The Morgan fingerprint density at radius 1 is 1.15 bits per heavy atom. The van der Waals surface area contributed by atoms with Crippen LogP contribution >= 0.6 is 0 Å². The third kappa shape index (κ3) is 2.24. The number of urea groups is 1. The van der Waals surface area contributed by atoms with Gasteiger partial charge in [0.2, 0.25) is 0 Å². The zero-order valence-electron chi connectivity index (χ0n) is 11.3. The van der Waals surface area contributed by atoms with E-state index in [-0.39, 0.29) is 6.03 Å². The number of likely N-dealkylation sites (tertiary alicyclic amines) is 1. The lowest BCUT2D eigenvalue weighted by Gasteiger charge is -2.33. The van der Waals surface area contributed by atoms with Crippen LogP contribution in [-0.4, -0.2) is 46.0 Å². The van der Waals surface area contributed by atoms with Gasteiger partial charge in [0.25, 0.3) is 0 Å². The minimum absolute atomic E-state index is 0.135. The number of benzene rings is 1. The number of fused-ring (bicyclic) bond motifs is 1. The van der Waals surface area contributed by atoms with Gasteiger partial charge >= 0.3 is 12.0 Å². The minimum atomic E-state index is -0.895. The molecule has 5 nitrogen and oxygen atoms in total. The summed E-state index contributed by atoms with van der Waals surface area (Å²) in [7, 11) is 0. The summed E-state index contributed by atoms with van der Waals surface area (Å²) in [5, 5.41) is 9.18. The molecule has 0 aliphatic carbocycles. The van der Waals surface area contributed by atoms with Gasteiger partial charge in [-0.15, -0.1) is 0 Å². The highest BCUT2D eigenvalue weighted by Gasteiger charge is 2.36. The van der Waals surface area contributed by atoms with E-state index in [0.29, 0.717) is 26.1 Å². The first kappa shape index (κ1) is 13.0. The second-order valence-corrected chi connectivity index (χ2v) is 5.41. The van der Waals surface area contributed by atoms with Gasteiger partial charge < -0.3 is 14.9 Å². The van der Waals surface area contributed by atoms with Crippen molar-refractivity contribution in [2.45, 2.75) is 31.8 Å². The molecular formula is C15H18N2O3. The quantitative estimate of drug-likeness (QED) is 0.848. The highest BCUT2D eigenvalue weighted by atomic mass is 16.4. The van der Waals surface area contributed by atoms with E-state index in [0.717, 1.165) is 18.4 Å². The van der Waals surface area contributed by atoms with Crippen molar-refractivity contribution in [2.24, 2.45) is 0 Å². The van der Waals surface area contributed by atoms with E-state index in [1.807, 2.05) is 18.2 Å². The highest BCUT2D eigenvalue weighted by molar-refractivity contribution is 5.83. The maximum Gasteiger partial charge on any atom is 0.326 e. The molecule has 0 aromatic heterocycles. The monoisotopic (exact) mass is 274 g/mol. The number of carboxylic acids is 1. The van der Waals surface area contributed by atoms with Gasteiger partial charge in [-0.2, -0.15) is 0 Å². The molecular weight excluding hydrogens is 256 g/mol. The zero-order chi connectivity index (χ0) is 14.1. The summed E-state index contributed by atoms with van der Waals surface area (Å²) in [4.78, 5) is 27.0. The molecule has 1 N–H and O–H groups in total. The normalized spacial score (nSPS) is 21.7. The molecule has 0 bridgehead atoms. The Morgan fingerprint density at radius 3 is 2.65 bits per heavy atom. The molecule has 1 fully saturated rings. The Bertz CT molecular complexity index is 544. The van der Waals surface area contributed by atoms with Crippen molar-refractivity contribution in [1.29, 1.82) is 0 Å². The van der Waals surface area contributed by atoms with Crippen LogP contribution in [0.15, 0.2) is 24.3 Å². The van der Waals surface area contributed by atoms with Gasteiger partial charge in [0.1, 0.15) is 6.04 Å². The average Bonchev–Trinajstić information content (AvgIpc) is 2.95. The van der Waals surface area contributed by atoms with Crippen LogP contribution in [0.3, 0.4) is 0 Å². The lowest BCUT2D eigenvalue weighted by atomic mass is 10.0. The van der Waals surface area contributed by atoms with Crippen molar-refractivity contribution in [3.63, 3.8) is 0 Å². The number of carbonyl (C=O) groups is 2. The van der Waals surface area contributed by atoms with Crippen LogP contribution in [-0.2, 0) is 17.8 Å². The molecule has 20 heavy (non-hydrogen) atoms. The summed E-state index contributed by atoms with van der Waals surface area (Å²) in [5.74, 6) is -0.895. The molecule has 0 saturated carbocycles. The molecule has 5 heteroatoms. The molecule has 2 heterocycles. The summed E-state index contributed by atoms with van der Waals surface area (Å²) in [6.07, 6.45) is 2.17. The van der Waals surface area contributed by atoms with Crippen molar-refractivity contribution < 1.29 is 14.7 Å². The SMILES string of the molecule is O=C(O)[C@H]1CCCN1C(=O)N1CCc2ccccc2C1. The molecule has 0 spiro atoms. The Hall–Kier alpha value is -2.04. The number of hydrogen-bond donors (Lipinski definition) is 1. The van der Waals surface area contributed by atoms with E-state index >= 15 is 0 Å². The standard InChI is InChI=1S/C15H18N2O3/c18-14(19)13-6-3-8-17(13)15(20)16-9-7-11-4-1-2-5-12(11)10-16/h1-2,4-5,13H,3,6-10H2,(H,18,19)/t13-/m1/s1. The lowest BCUT2D eigenvalue weighted by Crippen LogP contribution is -2.49. The van der Waals surface area contributed by atoms with E-state index in [9.17, 15) is 14.7 Å². The molecule has 2 amide bonds. The summed E-state index contributed by atoms with van der Waals surface area (Å²) in [5.41, 5.74) is 2.45. The maximum absolute atomic E-state index is 12.5. The first-order chi connectivity index (χ1) is 9.66. The topological polar surface area (TPSA) is 60.9 Å². The van der Waals surface area contributed by atoms with Crippen molar-refractivity contribution >= 4 is 12.0 Å².